The van der Waals surface area contributed by atoms with Crippen molar-refractivity contribution in [2.45, 2.75) is 101 Å². The van der Waals surface area contributed by atoms with Crippen LogP contribution in [0.15, 0.2) is 152 Å². The Morgan fingerprint density at radius 2 is 0.984 bits per heavy atom. The van der Waals surface area contributed by atoms with Gasteiger partial charge in [0, 0.05) is 20.6 Å². The first-order valence-corrected chi connectivity index (χ1v) is 21.7. The van der Waals surface area contributed by atoms with Crippen LogP contribution in [0.25, 0.3) is 0 Å². The largest absolute Gasteiger partial charge is 0.456 e. The predicted octanol–water partition coefficient (Wildman–Crippen LogP) is 7.39. The zero-order valence-corrected chi connectivity index (χ0v) is 36.0. The fourth-order valence-electron chi connectivity index (χ4n) is 8.34. The van der Waals surface area contributed by atoms with E-state index in [-0.39, 0.29) is 46.2 Å². The molecule has 3 saturated heterocycles. The monoisotopic (exact) mass is 873 g/mol. The lowest BCUT2D eigenvalue weighted by Gasteiger charge is -2.47. The first kappa shape index (κ1) is 45.1. The van der Waals surface area contributed by atoms with Crippen molar-refractivity contribution in [1.82, 2.24) is 4.90 Å². The molecule has 5 unspecified atom stereocenters. The Balaban J connectivity index is 1.10. The fourth-order valence-corrected chi connectivity index (χ4v) is 8.34. The first-order valence-electron chi connectivity index (χ1n) is 21.7. The number of benzene rings is 5. The van der Waals surface area contributed by atoms with E-state index in [1.807, 2.05) is 152 Å². The normalized spacial score (nSPS) is 26.5. The summed E-state index contributed by atoms with van der Waals surface area (Å²) in [5, 5.41) is 0. The lowest BCUT2D eigenvalue weighted by molar-refractivity contribution is -0.335. The van der Waals surface area contributed by atoms with Gasteiger partial charge in [-0.1, -0.05) is 152 Å². The number of esters is 1. The third-order valence-corrected chi connectivity index (χ3v) is 11.4. The van der Waals surface area contributed by atoms with Gasteiger partial charge in [-0.05, 0) is 27.8 Å². The number of nitrogens with zero attached hydrogens (tertiary/aromatic N) is 1. The highest BCUT2D eigenvalue weighted by atomic mass is 16.7. The molecule has 0 aliphatic carbocycles. The standard InChI is InChI=1S/C51H55NO12/c1-35(53)61-45-41(33-56-29-37-20-10-4-11-21-37)62-49(43-46(45)64-51(54)52(43)28-36-18-8-3-9-19-36)60-34-42-44(57-30-38-22-12-5-13-23-38)47(58-31-39-24-14-6-15-25-39)48(50(55-2)63-42)59-32-40-26-16-7-17-27-40/h3-27,41-50H,28-34H2,1-2H3/t41?,42?,43?,44-,45-,46+,47-,48?,49?,50+/m0/s1. The van der Waals surface area contributed by atoms with E-state index >= 15 is 0 Å². The quantitative estimate of drug-likeness (QED) is 0.0724. The number of amides is 1. The van der Waals surface area contributed by atoms with Crippen LogP contribution in [-0.2, 0) is 85.1 Å². The van der Waals surface area contributed by atoms with Gasteiger partial charge in [-0.15, -0.1) is 0 Å². The minimum absolute atomic E-state index is 0.0104. The van der Waals surface area contributed by atoms with E-state index < -0.39 is 73.4 Å². The Morgan fingerprint density at radius 1 is 0.531 bits per heavy atom. The molecule has 13 heteroatoms. The maximum atomic E-state index is 13.8. The van der Waals surface area contributed by atoms with Gasteiger partial charge >= 0.3 is 12.1 Å². The molecular weight excluding hydrogens is 819 g/mol. The van der Waals surface area contributed by atoms with Crippen LogP contribution in [0.5, 0.6) is 0 Å². The van der Waals surface area contributed by atoms with Crippen molar-refractivity contribution in [1.29, 1.82) is 0 Å². The Hall–Kier alpha value is -5.48. The Kier molecular flexibility index (Phi) is 15.8. The molecule has 3 aliphatic rings. The Morgan fingerprint density at radius 3 is 1.50 bits per heavy atom. The second kappa shape index (κ2) is 22.4. The van der Waals surface area contributed by atoms with Crippen LogP contribution in [-0.4, -0.2) is 98.6 Å². The summed E-state index contributed by atoms with van der Waals surface area (Å²) in [7, 11) is 1.56. The van der Waals surface area contributed by atoms with Crippen molar-refractivity contribution < 1.29 is 57.0 Å². The van der Waals surface area contributed by atoms with Gasteiger partial charge in [0.2, 0.25) is 0 Å². The number of fused-ring (bicyclic) bond motifs is 1. The highest BCUT2D eigenvalue weighted by Gasteiger charge is 2.59. The average molecular weight is 874 g/mol. The fraction of sp³-hybridized carbons (Fsp3) is 0.373. The van der Waals surface area contributed by atoms with Crippen molar-refractivity contribution in [2.75, 3.05) is 20.3 Å². The molecule has 0 N–H and O–H groups in total. The minimum Gasteiger partial charge on any atom is -0.456 e. The van der Waals surface area contributed by atoms with Gasteiger partial charge in [0.25, 0.3) is 0 Å². The van der Waals surface area contributed by atoms with Crippen LogP contribution in [0.3, 0.4) is 0 Å². The molecule has 3 aliphatic heterocycles. The molecule has 8 rings (SSSR count). The van der Waals surface area contributed by atoms with E-state index in [0.29, 0.717) is 0 Å². The maximum Gasteiger partial charge on any atom is 0.411 e. The molecular formula is C51H55NO12. The van der Waals surface area contributed by atoms with Crippen LogP contribution < -0.4 is 0 Å². The maximum absolute atomic E-state index is 13.8. The number of methoxy groups -OCH3 is 1. The summed E-state index contributed by atoms with van der Waals surface area (Å²) in [6, 6.07) is 48.0. The molecule has 13 nitrogen and oxygen atoms in total. The molecule has 3 fully saturated rings. The second-order valence-corrected chi connectivity index (χ2v) is 16.0. The molecule has 0 radical (unpaired) electrons. The summed E-state index contributed by atoms with van der Waals surface area (Å²) >= 11 is 0. The number of rotatable bonds is 20. The smallest absolute Gasteiger partial charge is 0.411 e. The molecule has 0 bridgehead atoms. The van der Waals surface area contributed by atoms with Gasteiger partial charge in [-0.2, -0.15) is 0 Å². The van der Waals surface area contributed by atoms with Crippen LogP contribution in [0.1, 0.15) is 34.7 Å². The van der Waals surface area contributed by atoms with Gasteiger partial charge in [-0.25, -0.2) is 4.79 Å². The van der Waals surface area contributed by atoms with Gasteiger partial charge in [0.15, 0.2) is 24.8 Å². The molecule has 3 heterocycles. The third kappa shape index (κ3) is 11.6. The zero-order valence-electron chi connectivity index (χ0n) is 36.0. The van der Waals surface area contributed by atoms with Crippen molar-refractivity contribution in [3.63, 3.8) is 0 Å². The highest BCUT2D eigenvalue weighted by molar-refractivity contribution is 5.71. The van der Waals surface area contributed by atoms with E-state index in [2.05, 4.69) is 0 Å². The predicted molar refractivity (Wildman–Crippen MR) is 233 cm³/mol. The second-order valence-electron chi connectivity index (χ2n) is 16.0. The Bertz CT molecular complexity index is 2170. The number of carbonyl (C=O) groups excluding carboxylic acids is 2. The van der Waals surface area contributed by atoms with E-state index in [4.69, 9.17) is 47.4 Å². The lowest BCUT2D eigenvalue weighted by Crippen LogP contribution is -2.64. The molecule has 336 valence electrons. The van der Waals surface area contributed by atoms with Crippen LogP contribution in [0.2, 0.25) is 0 Å². The molecule has 0 aromatic heterocycles. The van der Waals surface area contributed by atoms with Crippen molar-refractivity contribution >= 4 is 12.1 Å². The van der Waals surface area contributed by atoms with Crippen LogP contribution >= 0.6 is 0 Å². The molecule has 5 aromatic carbocycles. The topological polar surface area (TPSA) is 130 Å². The van der Waals surface area contributed by atoms with Gasteiger partial charge in [-0.3, -0.25) is 9.69 Å². The SMILES string of the molecule is CO[C@@H]1OC(COC2OC(COCc3ccccc3)[C@H](OC(C)=O)[C@@H]3OC(=O)N(Cc4ccccc4)C23)[C@H](OCc2ccccc2)[C@H](OCc2ccccc2)C1OCc1ccccc1. The average Bonchev–Trinajstić information content (AvgIpc) is 3.66. The third-order valence-electron chi connectivity index (χ3n) is 11.4. The summed E-state index contributed by atoms with van der Waals surface area (Å²) < 4.78 is 64.6. The molecule has 10 atom stereocenters. The van der Waals surface area contributed by atoms with Gasteiger partial charge in [0.1, 0.15) is 36.6 Å². The van der Waals surface area contributed by atoms with Crippen molar-refractivity contribution in [3.05, 3.63) is 179 Å². The Labute approximate surface area is 374 Å². The molecule has 64 heavy (non-hydrogen) atoms. The molecule has 5 aromatic rings. The van der Waals surface area contributed by atoms with Crippen molar-refractivity contribution in [3.8, 4) is 0 Å². The van der Waals surface area contributed by atoms with Crippen LogP contribution in [0, 0.1) is 0 Å². The lowest BCUT2D eigenvalue weighted by atomic mass is 9.95. The van der Waals surface area contributed by atoms with Gasteiger partial charge < -0.3 is 47.4 Å². The van der Waals surface area contributed by atoms with E-state index in [1.54, 1.807) is 12.0 Å². The summed E-state index contributed by atoms with van der Waals surface area (Å²) in [6.07, 6.45) is -8.38. The van der Waals surface area contributed by atoms with E-state index in [0.717, 1.165) is 27.8 Å². The highest BCUT2D eigenvalue weighted by Crippen LogP contribution is 2.38. The number of ether oxygens (including phenoxy) is 10. The minimum atomic E-state index is -1.09. The number of carbonyl (C=O) groups is 2. The number of hydrogen-bond donors (Lipinski definition) is 0. The molecule has 0 spiro atoms. The summed E-state index contributed by atoms with van der Waals surface area (Å²) in [4.78, 5) is 28.0. The summed E-state index contributed by atoms with van der Waals surface area (Å²) in [5.74, 6) is -0.553. The number of hydrogen-bond acceptors (Lipinski definition) is 12. The molecule has 1 amide bonds. The summed E-state index contributed by atoms with van der Waals surface area (Å²) in [5.41, 5.74) is 4.70. The van der Waals surface area contributed by atoms with Crippen LogP contribution in [0.4, 0.5) is 4.79 Å². The van der Waals surface area contributed by atoms with Crippen molar-refractivity contribution in [2.24, 2.45) is 0 Å². The zero-order chi connectivity index (χ0) is 44.1. The van der Waals surface area contributed by atoms with E-state index in [1.165, 1.54) is 6.92 Å². The van der Waals surface area contributed by atoms with E-state index in [9.17, 15) is 9.59 Å². The molecule has 0 saturated carbocycles. The summed E-state index contributed by atoms with van der Waals surface area (Å²) in [6.45, 7) is 2.47. The first-order chi connectivity index (χ1) is 31.4. The van der Waals surface area contributed by atoms with Gasteiger partial charge in [0.05, 0.1) is 39.6 Å².